The van der Waals surface area contributed by atoms with Crippen molar-refractivity contribution in [3.05, 3.63) is 28.9 Å². The molecule has 10 nitrogen and oxygen atoms in total. The number of carboxylic acids is 1. The fourth-order valence-electron chi connectivity index (χ4n) is 3.95. The van der Waals surface area contributed by atoms with E-state index in [-0.39, 0.29) is 35.0 Å². The Balaban J connectivity index is 0.000000196. The van der Waals surface area contributed by atoms with E-state index in [9.17, 15) is 14.7 Å². The van der Waals surface area contributed by atoms with Crippen LogP contribution >= 0.6 is 0 Å². The molecule has 12 heteroatoms. The van der Waals surface area contributed by atoms with Gasteiger partial charge in [-0.2, -0.15) is 0 Å². The average molecular weight is 614 g/mol. The number of carbonyl (C=O) groups excluding carboxylic acids is 1. The number of carboxylic acid groups (broad SMARTS) is 1. The van der Waals surface area contributed by atoms with Crippen LogP contribution in [0.5, 0.6) is 0 Å². The van der Waals surface area contributed by atoms with Gasteiger partial charge in [-0.05, 0) is 0 Å². The first-order valence-electron chi connectivity index (χ1n) is 11.5. The van der Waals surface area contributed by atoms with Crippen molar-refractivity contribution in [2.45, 2.75) is 51.4 Å². The summed E-state index contributed by atoms with van der Waals surface area (Å²) in [6.07, 6.45) is 8.78. The first-order valence-corrected chi connectivity index (χ1v) is 14.9. The van der Waals surface area contributed by atoms with Gasteiger partial charge in [-0.25, -0.2) is 0 Å². The summed E-state index contributed by atoms with van der Waals surface area (Å²) in [5, 5.41) is 28.8. The van der Waals surface area contributed by atoms with Crippen molar-refractivity contribution < 1.29 is 19.4 Å². The second kappa shape index (κ2) is 12.6. The van der Waals surface area contributed by atoms with E-state index in [0.717, 1.165) is 47.8 Å². The van der Waals surface area contributed by atoms with Gasteiger partial charge in [0.1, 0.15) is 0 Å². The Bertz CT molecular complexity index is 1120. The Morgan fingerprint density at radius 3 is 1.63 bits per heavy atom. The molecule has 0 fully saturated rings. The van der Waals surface area contributed by atoms with Crippen molar-refractivity contribution in [3.63, 3.8) is 0 Å². The predicted octanol–water partition coefficient (Wildman–Crippen LogP) is 3.85. The summed E-state index contributed by atoms with van der Waals surface area (Å²) in [6, 6.07) is 0. The van der Waals surface area contributed by atoms with Crippen LogP contribution in [0.2, 0.25) is 0 Å². The molecule has 2 aromatic heterocycles. The third-order valence-corrected chi connectivity index (χ3v) is 10.8. The van der Waals surface area contributed by atoms with Crippen molar-refractivity contribution in [1.82, 2.24) is 10.0 Å². The fourth-order valence-corrected chi connectivity index (χ4v) is 9.00. The topological polar surface area (TPSA) is 120 Å². The molecule has 0 amide bonds. The van der Waals surface area contributed by atoms with Crippen LogP contribution in [0.15, 0.2) is 20.7 Å². The molecule has 0 bridgehead atoms. The van der Waals surface area contributed by atoms with Crippen LogP contribution in [-0.4, -0.2) is 91.4 Å². The average Bonchev–Trinajstić information content (AvgIpc) is 3.40. The molecular formula is C23H32N6O4Se2. The molecule has 0 aromatic carbocycles. The van der Waals surface area contributed by atoms with Crippen LogP contribution in [0, 0.1) is 0 Å². The van der Waals surface area contributed by atoms with E-state index in [0.29, 0.717) is 10.1 Å². The number of fused-ring (bicyclic) bond motifs is 2. The van der Waals surface area contributed by atoms with Crippen molar-refractivity contribution >= 4 is 52.3 Å². The molecule has 2 heterocycles. The van der Waals surface area contributed by atoms with Crippen LogP contribution in [-0.2, 0) is 30.4 Å². The Labute approximate surface area is 217 Å². The zero-order valence-electron chi connectivity index (χ0n) is 20.8. The van der Waals surface area contributed by atoms with Crippen LogP contribution in [0.25, 0.3) is 0 Å². The number of ether oxygens (including phenoxy) is 1. The first-order chi connectivity index (χ1) is 16.7. The molecule has 1 N–H and O–H groups in total. The maximum absolute atomic E-state index is 11.8. The molecule has 0 unspecified atom stereocenters. The van der Waals surface area contributed by atoms with E-state index in [2.05, 4.69) is 20.7 Å². The normalized spacial score (nSPS) is 14.8. The Morgan fingerprint density at radius 2 is 1.20 bits per heavy atom. The number of nitrogens with zero attached hydrogens (tertiary/aromatic N) is 6. The summed E-state index contributed by atoms with van der Waals surface area (Å²) in [4.78, 5) is 23.0. The number of aromatic carboxylic acids is 1. The molecule has 2 aliphatic rings. The van der Waals surface area contributed by atoms with Gasteiger partial charge in [0.25, 0.3) is 0 Å². The van der Waals surface area contributed by atoms with Gasteiger partial charge in [-0.1, -0.05) is 0 Å². The minimum absolute atomic E-state index is 0.0533. The number of methoxy groups -OCH3 is 1. The first kappa shape index (κ1) is 27.3. The van der Waals surface area contributed by atoms with Crippen LogP contribution < -0.4 is 0 Å². The molecule has 2 aromatic rings. The van der Waals surface area contributed by atoms with Gasteiger partial charge in [-0.15, -0.1) is 0 Å². The van der Waals surface area contributed by atoms with Crippen LogP contribution in [0.4, 0.5) is 11.4 Å². The molecule has 35 heavy (non-hydrogen) atoms. The summed E-state index contributed by atoms with van der Waals surface area (Å²) in [5.41, 5.74) is 3.79. The Hall–Kier alpha value is -2.26. The van der Waals surface area contributed by atoms with E-state index < -0.39 is 5.97 Å². The zero-order chi connectivity index (χ0) is 25.5. The Morgan fingerprint density at radius 1 is 0.771 bits per heavy atom. The number of carbonyl (C=O) groups is 2. The monoisotopic (exact) mass is 616 g/mol. The molecule has 0 saturated heterocycles. The second-order valence-corrected chi connectivity index (χ2v) is 13.3. The maximum atomic E-state index is 11.8. The predicted molar refractivity (Wildman–Crippen MR) is 135 cm³/mol. The molecule has 0 radical (unpaired) electrons. The summed E-state index contributed by atoms with van der Waals surface area (Å²) in [6.45, 7) is 0. The van der Waals surface area contributed by atoms with E-state index in [1.165, 1.54) is 40.8 Å². The molecule has 190 valence electrons. The minimum atomic E-state index is -0.841. The third kappa shape index (κ3) is 6.91. The second-order valence-electron chi connectivity index (χ2n) is 8.65. The summed E-state index contributed by atoms with van der Waals surface area (Å²) >= 11 is 0.0196. The van der Waals surface area contributed by atoms with Crippen molar-refractivity contribution in [2.75, 3.05) is 35.3 Å². The van der Waals surface area contributed by atoms with Crippen molar-refractivity contribution in [1.29, 1.82) is 0 Å². The molecule has 4 rings (SSSR count). The van der Waals surface area contributed by atoms with Crippen LogP contribution in [0.1, 0.15) is 64.1 Å². The Kier molecular flexibility index (Phi) is 9.86. The molecule has 0 spiro atoms. The van der Waals surface area contributed by atoms with Gasteiger partial charge < -0.3 is 0 Å². The molecular weight excluding hydrogens is 582 g/mol. The standard InChI is InChI=1S/C12H17N3O2Se.C11H15N3O2Se/c1-15(2)14-13-10-8-6-4-5-7-9(8)18-11(10)12(16)17-3;1-14(2)13-12-9-7-5-3-4-6-8(7)17-10(9)11(15)16/h4-7H2,1-3H3;3-6H2,1-2H3,(H,15,16). The number of esters is 1. The van der Waals surface area contributed by atoms with Gasteiger partial charge >= 0.3 is 218 Å². The number of aryl methyl sites for hydroxylation is 2. The third-order valence-electron chi connectivity index (χ3n) is 5.50. The van der Waals surface area contributed by atoms with Gasteiger partial charge in [0, 0.05) is 0 Å². The van der Waals surface area contributed by atoms with Crippen molar-refractivity contribution in [3.8, 4) is 0 Å². The van der Waals surface area contributed by atoms with Gasteiger partial charge in [0.15, 0.2) is 0 Å². The van der Waals surface area contributed by atoms with E-state index in [1.54, 1.807) is 24.1 Å². The summed E-state index contributed by atoms with van der Waals surface area (Å²) in [5.74, 6) is -1.09. The summed E-state index contributed by atoms with van der Waals surface area (Å²) < 4.78 is 8.76. The zero-order valence-corrected chi connectivity index (χ0v) is 24.3. The quantitative estimate of drug-likeness (QED) is 0.229. The van der Waals surface area contributed by atoms with E-state index in [1.807, 2.05) is 14.1 Å². The summed E-state index contributed by atoms with van der Waals surface area (Å²) in [7, 11) is 8.61. The number of hydrogen-bond donors (Lipinski definition) is 1. The van der Waals surface area contributed by atoms with Crippen molar-refractivity contribution in [2.24, 2.45) is 20.7 Å². The molecule has 0 atom stereocenters. The molecule has 2 aliphatic carbocycles. The molecule has 0 aliphatic heterocycles. The van der Waals surface area contributed by atoms with Gasteiger partial charge in [0.2, 0.25) is 0 Å². The fraction of sp³-hybridized carbons (Fsp3) is 0.565. The number of hydrogen-bond acceptors (Lipinski definition) is 7. The van der Waals surface area contributed by atoms with Gasteiger partial charge in [0.05, 0.1) is 0 Å². The van der Waals surface area contributed by atoms with E-state index in [4.69, 9.17) is 4.74 Å². The van der Waals surface area contributed by atoms with E-state index >= 15 is 0 Å². The molecule has 0 saturated carbocycles. The van der Waals surface area contributed by atoms with Crippen LogP contribution in [0.3, 0.4) is 0 Å². The SMILES string of the molecule is CN(C)N=Nc1c(C(=O)O)[se]c2c1CCCC2.COC(=O)c1[se]c2c(c1N=NN(C)C)CCCC2. The number of rotatable bonds is 6. The van der Waals surface area contributed by atoms with Gasteiger partial charge in [-0.3, -0.25) is 0 Å².